The van der Waals surface area contributed by atoms with Crippen LogP contribution in [0.3, 0.4) is 0 Å². The number of hydrogen-bond acceptors (Lipinski definition) is 4. The molecule has 7 nitrogen and oxygen atoms in total. The number of aromatic nitrogens is 2. The molecule has 1 rings (SSSR count). The van der Waals surface area contributed by atoms with Gasteiger partial charge in [0.05, 0.1) is 6.54 Å². The molecule has 0 atom stereocenters. The van der Waals surface area contributed by atoms with Crippen molar-refractivity contribution < 1.29 is 10.0 Å². The molecule has 15 heavy (non-hydrogen) atoms. The van der Waals surface area contributed by atoms with Gasteiger partial charge in [0, 0.05) is 20.3 Å². The summed E-state index contributed by atoms with van der Waals surface area (Å²) in [7, 11) is 3.23. The summed E-state index contributed by atoms with van der Waals surface area (Å²) < 4.78 is 1.46. The summed E-state index contributed by atoms with van der Waals surface area (Å²) >= 11 is 0. The van der Waals surface area contributed by atoms with E-state index in [0.717, 1.165) is 0 Å². The van der Waals surface area contributed by atoms with Crippen molar-refractivity contribution >= 4 is 11.7 Å². The SMILES string of the molecule is CN(CC(N)=NO)C(=O)c1ccnn1C. The highest BCUT2D eigenvalue weighted by Crippen LogP contribution is 2.00. The molecule has 0 bridgehead atoms. The fourth-order valence-electron chi connectivity index (χ4n) is 1.13. The second-order valence-corrected chi connectivity index (χ2v) is 3.09. The number of rotatable bonds is 3. The lowest BCUT2D eigenvalue weighted by Crippen LogP contribution is -2.36. The van der Waals surface area contributed by atoms with Crippen LogP contribution in [0.5, 0.6) is 0 Å². The van der Waals surface area contributed by atoms with Gasteiger partial charge in [0.2, 0.25) is 0 Å². The van der Waals surface area contributed by atoms with Crippen molar-refractivity contribution in [2.75, 3.05) is 13.6 Å². The normalized spacial score (nSPS) is 11.5. The molecule has 1 amide bonds. The second-order valence-electron chi connectivity index (χ2n) is 3.09. The monoisotopic (exact) mass is 211 g/mol. The standard InChI is InChI=1S/C8H13N5O2/c1-12(5-7(9)11-15)8(14)6-3-4-10-13(6)2/h3-4,15H,5H2,1-2H3,(H2,9,11). The topological polar surface area (TPSA) is 96.7 Å². The third kappa shape index (κ3) is 2.46. The predicted octanol–water partition coefficient (Wildman–Crippen LogP) is -0.761. The number of likely N-dealkylation sites (N-methyl/N-ethyl adjacent to an activating group) is 1. The van der Waals surface area contributed by atoms with Crippen LogP contribution < -0.4 is 5.73 Å². The zero-order chi connectivity index (χ0) is 11.4. The van der Waals surface area contributed by atoms with Crippen LogP contribution in [0.1, 0.15) is 10.5 Å². The summed E-state index contributed by atoms with van der Waals surface area (Å²) in [6.45, 7) is 0.0700. The lowest BCUT2D eigenvalue weighted by molar-refractivity contribution is 0.0803. The largest absolute Gasteiger partial charge is 0.409 e. The van der Waals surface area contributed by atoms with E-state index < -0.39 is 0 Å². The number of hydrogen-bond donors (Lipinski definition) is 2. The first-order valence-electron chi connectivity index (χ1n) is 4.26. The molecule has 0 saturated heterocycles. The van der Waals surface area contributed by atoms with E-state index in [1.165, 1.54) is 15.8 Å². The molecule has 0 aliphatic rings. The number of carbonyl (C=O) groups is 1. The first-order chi connectivity index (χ1) is 7.06. The van der Waals surface area contributed by atoms with Crippen LogP contribution in [0.15, 0.2) is 17.4 Å². The molecule has 0 aromatic carbocycles. The first kappa shape index (κ1) is 11.0. The number of aryl methyl sites for hydroxylation is 1. The zero-order valence-corrected chi connectivity index (χ0v) is 8.58. The van der Waals surface area contributed by atoms with Crippen LogP contribution in [0.25, 0.3) is 0 Å². The average Bonchev–Trinajstić information content (AvgIpc) is 2.63. The number of oxime groups is 1. The Hall–Kier alpha value is -2.05. The van der Waals surface area contributed by atoms with E-state index in [1.807, 2.05) is 0 Å². The Labute approximate surface area is 86.8 Å². The molecular formula is C8H13N5O2. The van der Waals surface area contributed by atoms with Gasteiger partial charge in [-0.3, -0.25) is 9.48 Å². The summed E-state index contributed by atoms with van der Waals surface area (Å²) in [6, 6.07) is 1.60. The van der Waals surface area contributed by atoms with Crippen molar-refractivity contribution in [1.82, 2.24) is 14.7 Å². The van der Waals surface area contributed by atoms with Crippen molar-refractivity contribution in [2.24, 2.45) is 17.9 Å². The van der Waals surface area contributed by atoms with Crippen molar-refractivity contribution in [2.45, 2.75) is 0 Å². The number of nitrogens with two attached hydrogens (primary N) is 1. The van der Waals surface area contributed by atoms with Crippen molar-refractivity contribution in [3.8, 4) is 0 Å². The van der Waals surface area contributed by atoms with Gasteiger partial charge in [-0.1, -0.05) is 5.16 Å². The third-order valence-corrected chi connectivity index (χ3v) is 1.91. The lowest BCUT2D eigenvalue weighted by atomic mass is 10.3. The van der Waals surface area contributed by atoms with E-state index in [4.69, 9.17) is 10.9 Å². The van der Waals surface area contributed by atoms with Crippen molar-refractivity contribution in [3.63, 3.8) is 0 Å². The molecule has 82 valence electrons. The molecule has 0 aliphatic heterocycles. The Kier molecular flexibility index (Phi) is 3.27. The second kappa shape index (κ2) is 4.45. The molecular weight excluding hydrogens is 198 g/mol. The highest BCUT2D eigenvalue weighted by molar-refractivity contribution is 5.95. The van der Waals surface area contributed by atoms with E-state index in [0.29, 0.717) is 5.69 Å². The van der Waals surface area contributed by atoms with Gasteiger partial charge < -0.3 is 15.8 Å². The first-order valence-corrected chi connectivity index (χ1v) is 4.26. The molecule has 0 spiro atoms. The minimum Gasteiger partial charge on any atom is -0.409 e. The Morgan fingerprint density at radius 2 is 2.47 bits per heavy atom. The summed E-state index contributed by atoms with van der Waals surface area (Å²) in [5.74, 6) is -0.255. The highest BCUT2D eigenvalue weighted by Gasteiger charge is 2.15. The number of amidine groups is 1. The van der Waals surface area contributed by atoms with Crippen LogP contribution in [0.2, 0.25) is 0 Å². The van der Waals surface area contributed by atoms with Gasteiger partial charge in [-0.25, -0.2) is 0 Å². The molecule has 1 heterocycles. The zero-order valence-electron chi connectivity index (χ0n) is 8.58. The average molecular weight is 211 g/mol. The molecule has 3 N–H and O–H groups in total. The van der Waals surface area contributed by atoms with Gasteiger partial charge in [0.1, 0.15) is 5.69 Å². The van der Waals surface area contributed by atoms with E-state index in [-0.39, 0.29) is 18.3 Å². The fourth-order valence-corrected chi connectivity index (χ4v) is 1.13. The smallest absolute Gasteiger partial charge is 0.272 e. The Morgan fingerprint density at radius 3 is 2.93 bits per heavy atom. The van der Waals surface area contributed by atoms with Gasteiger partial charge in [-0.05, 0) is 6.07 Å². The maximum atomic E-state index is 11.8. The predicted molar refractivity (Wildman–Crippen MR) is 53.6 cm³/mol. The van der Waals surface area contributed by atoms with E-state index >= 15 is 0 Å². The van der Waals surface area contributed by atoms with Gasteiger partial charge >= 0.3 is 0 Å². The lowest BCUT2D eigenvalue weighted by Gasteiger charge is -2.15. The summed E-state index contributed by atoms with van der Waals surface area (Å²) in [5.41, 5.74) is 5.73. The molecule has 0 fully saturated rings. The van der Waals surface area contributed by atoms with Crippen LogP contribution >= 0.6 is 0 Å². The molecule has 0 aliphatic carbocycles. The van der Waals surface area contributed by atoms with Crippen LogP contribution in [-0.2, 0) is 7.05 Å². The van der Waals surface area contributed by atoms with Gasteiger partial charge in [-0.15, -0.1) is 0 Å². The van der Waals surface area contributed by atoms with E-state index in [9.17, 15) is 4.79 Å². The van der Waals surface area contributed by atoms with E-state index in [2.05, 4.69) is 10.3 Å². The van der Waals surface area contributed by atoms with E-state index in [1.54, 1.807) is 20.2 Å². The van der Waals surface area contributed by atoms with Gasteiger partial charge in [0.15, 0.2) is 5.84 Å². The fraction of sp³-hybridized carbons (Fsp3) is 0.375. The van der Waals surface area contributed by atoms with Crippen LogP contribution in [-0.4, -0.2) is 45.2 Å². The third-order valence-electron chi connectivity index (χ3n) is 1.91. The molecule has 1 aromatic rings. The molecule has 1 aromatic heterocycles. The molecule has 0 unspecified atom stereocenters. The Bertz CT molecular complexity index is 384. The molecule has 0 radical (unpaired) electrons. The van der Waals surface area contributed by atoms with Crippen molar-refractivity contribution in [3.05, 3.63) is 18.0 Å². The maximum absolute atomic E-state index is 11.8. The van der Waals surface area contributed by atoms with Crippen molar-refractivity contribution in [1.29, 1.82) is 0 Å². The van der Waals surface area contributed by atoms with Gasteiger partial charge in [0.25, 0.3) is 5.91 Å². The quantitative estimate of drug-likeness (QED) is 0.297. The Balaban J connectivity index is 2.74. The number of carbonyl (C=O) groups excluding carboxylic acids is 1. The van der Waals surface area contributed by atoms with Crippen LogP contribution in [0.4, 0.5) is 0 Å². The minimum absolute atomic E-state index is 0.0204. The number of nitrogens with zero attached hydrogens (tertiary/aromatic N) is 4. The maximum Gasteiger partial charge on any atom is 0.272 e. The minimum atomic E-state index is -0.235. The summed E-state index contributed by atoms with van der Waals surface area (Å²) in [6.07, 6.45) is 1.53. The van der Waals surface area contributed by atoms with Crippen LogP contribution in [0, 0.1) is 0 Å². The highest BCUT2D eigenvalue weighted by atomic mass is 16.4. The van der Waals surface area contributed by atoms with Gasteiger partial charge in [-0.2, -0.15) is 5.10 Å². The molecule has 7 heteroatoms. The summed E-state index contributed by atoms with van der Waals surface area (Å²) in [4.78, 5) is 13.1. The number of amides is 1. The summed E-state index contributed by atoms with van der Waals surface area (Å²) in [5, 5.41) is 15.0. The Morgan fingerprint density at radius 1 is 1.80 bits per heavy atom. The molecule has 0 saturated carbocycles.